The molecule has 1 rings (SSSR count). The first kappa shape index (κ1) is 11.0. The van der Waals surface area contributed by atoms with Gasteiger partial charge in [0.15, 0.2) is 0 Å². The van der Waals surface area contributed by atoms with Gasteiger partial charge in [0, 0.05) is 0 Å². The van der Waals surface area contributed by atoms with Crippen LogP contribution in [0.25, 0.3) is 0 Å². The molecule has 1 N–H and O–H groups in total. The Morgan fingerprint density at radius 2 is 1.86 bits per heavy atom. The molecule has 0 aromatic heterocycles. The van der Waals surface area contributed by atoms with Crippen molar-refractivity contribution in [3.8, 4) is 0 Å². The van der Waals surface area contributed by atoms with E-state index in [1.165, 1.54) is 26.0 Å². The van der Waals surface area contributed by atoms with Crippen molar-refractivity contribution in [1.29, 1.82) is 0 Å². The third kappa shape index (κ3) is 2.26. The molecule has 0 aliphatic carbocycles. The summed E-state index contributed by atoms with van der Waals surface area (Å²) in [6.07, 6.45) is -5.23. The summed E-state index contributed by atoms with van der Waals surface area (Å²) >= 11 is 0. The third-order valence-electron chi connectivity index (χ3n) is 2.05. The predicted molar refractivity (Wildman–Crippen MR) is 46.8 cm³/mol. The fourth-order valence-corrected chi connectivity index (χ4v) is 1.20. The van der Waals surface area contributed by atoms with Crippen molar-refractivity contribution in [3.63, 3.8) is 0 Å². The monoisotopic (exact) mass is 204 g/mol. The van der Waals surface area contributed by atoms with E-state index in [-0.39, 0.29) is 11.1 Å². The molecule has 0 bridgehead atoms. The maximum absolute atomic E-state index is 12.4. The van der Waals surface area contributed by atoms with Gasteiger partial charge in [-0.3, -0.25) is 0 Å². The number of alkyl halides is 3. The van der Waals surface area contributed by atoms with Crippen molar-refractivity contribution >= 4 is 0 Å². The van der Waals surface area contributed by atoms with Gasteiger partial charge in [-0.25, -0.2) is 0 Å². The predicted octanol–water partition coefficient (Wildman–Crippen LogP) is 3.07. The second kappa shape index (κ2) is 3.61. The first-order valence-electron chi connectivity index (χ1n) is 4.18. The summed E-state index contributed by atoms with van der Waals surface area (Å²) < 4.78 is 37.2. The largest absolute Gasteiger partial charge is 0.416 e. The molecule has 0 saturated heterocycles. The lowest BCUT2D eigenvalue weighted by Crippen LogP contribution is -2.08. The first-order valence-corrected chi connectivity index (χ1v) is 4.18. The number of rotatable bonds is 1. The quantitative estimate of drug-likeness (QED) is 0.745. The van der Waals surface area contributed by atoms with Crippen molar-refractivity contribution in [2.24, 2.45) is 0 Å². The molecule has 0 amide bonds. The number of aliphatic hydroxyl groups excluding tert-OH is 1. The van der Waals surface area contributed by atoms with Gasteiger partial charge in [-0.1, -0.05) is 12.1 Å². The van der Waals surface area contributed by atoms with Crippen LogP contribution in [0, 0.1) is 6.92 Å². The summed E-state index contributed by atoms with van der Waals surface area (Å²) in [6.45, 7) is 2.83. The van der Waals surface area contributed by atoms with Gasteiger partial charge < -0.3 is 5.11 Å². The summed E-state index contributed by atoms with van der Waals surface area (Å²) in [5.41, 5.74) is -0.235. The SMILES string of the molecule is Cc1ccc([C@@H](C)O)cc1C(F)(F)F. The van der Waals surface area contributed by atoms with Crippen molar-refractivity contribution in [1.82, 2.24) is 0 Å². The van der Waals surface area contributed by atoms with Crippen molar-refractivity contribution in [3.05, 3.63) is 34.9 Å². The Balaban J connectivity index is 3.22. The van der Waals surface area contributed by atoms with Crippen LogP contribution >= 0.6 is 0 Å². The molecule has 0 aliphatic heterocycles. The normalized spacial score (nSPS) is 14.1. The molecule has 0 heterocycles. The standard InChI is InChI=1S/C10H11F3O/c1-6-3-4-8(7(2)14)5-9(6)10(11,12)13/h3-5,7,14H,1-2H3/t7-/m1/s1. The zero-order valence-corrected chi connectivity index (χ0v) is 7.89. The second-order valence-electron chi connectivity index (χ2n) is 3.25. The highest BCUT2D eigenvalue weighted by Gasteiger charge is 2.32. The van der Waals surface area contributed by atoms with Crippen molar-refractivity contribution in [2.45, 2.75) is 26.1 Å². The second-order valence-corrected chi connectivity index (χ2v) is 3.25. The molecule has 1 nitrogen and oxygen atoms in total. The maximum Gasteiger partial charge on any atom is 0.416 e. The highest BCUT2D eigenvalue weighted by molar-refractivity contribution is 5.34. The molecule has 1 atom stereocenters. The Hall–Kier alpha value is -1.03. The number of halogens is 3. The van der Waals surface area contributed by atoms with E-state index >= 15 is 0 Å². The van der Waals surface area contributed by atoms with Crippen LogP contribution in [-0.4, -0.2) is 5.11 Å². The summed E-state index contributed by atoms with van der Waals surface area (Å²) in [6, 6.07) is 3.85. The summed E-state index contributed by atoms with van der Waals surface area (Å²) in [5.74, 6) is 0. The van der Waals surface area contributed by atoms with E-state index in [0.717, 1.165) is 6.07 Å². The van der Waals surface area contributed by atoms with Gasteiger partial charge in [0.25, 0.3) is 0 Å². The number of aryl methyl sites for hydroxylation is 1. The summed E-state index contributed by atoms with van der Waals surface area (Å²) in [7, 11) is 0. The van der Waals surface area contributed by atoms with Crippen LogP contribution in [0.5, 0.6) is 0 Å². The number of aliphatic hydroxyl groups is 1. The van der Waals surface area contributed by atoms with Crippen molar-refractivity contribution in [2.75, 3.05) is 0 Å². The molecule has 4 heteroatoms. The number of benzene rings is 1. The molecular formula is C10H11F3O. The fraction of sp³-hybridized carbons (Fsp3) is 0.400. The van der Waals surface area contributed by atoms with Crippen LogP contribution in [0.1, 0.15) is 29.7 Å². The van der Waals surface area contributed by atoms with E-state index in [9.17, 15) is 13.2 Å². The Morgan fingerprint density at radius 3 is 2.29 bits per heavy atom. The van der Waals surface area contributed by atoms with Crippen LogP contribution < -0.4 is 0 Å². The van der Waals surface area contributed by atoms with Gasteiger partial charge in [-0.2, -0.15) is 13.2 Å². The van der Waals surface area contributed by atoms with Crippen molar-refractivity contribution < 1.29 is 18.3 Å². The lowest BCUT2D eigenvalue weighted by molar-refractivity contribution is -0.138. The van der Waals surface area contributed by atoms with Gasteiger partial charge in [0.05, 0.1) is 11.7 Å². The molecule has 0 saturated carbocycles. The Morgan fingerprint density at radius 1 is 1.29 bits per heavy atom. The van der Waals surface area contributed by atoms with Gasteiger partial charge in [-0.05, 0) is 31.0 Å². The highest BCUT2D eigenvalue weighted by Crippen LogP contribution is 2.33. The number of hydrogen-bond acceptors (Lipinski definition) is 1. The molecular weight excluding hydrogens is 193 g/mol. The van der Waals surface area contributed by atoms with E-state index < -0.39 is 17.8 Å². The van der Waals surface area contributed by atoms with E-state index in [2.05, 4.69) is 0 Å². The van der Waals surface area contributed by atoms with Gasteiger partial charge >= 0.3 is 6.18 Å². The Bertz CT molecular complexity index is 329. The minimum Gasteiger partial charge on any atom is -0.389 e. The Labute approximate surface area is 80.2 Å². The molecule has 0 radical (unpaired) electrons. The lowest BCUT2D eigenvalue weighted by atomic mass is 10.0. The Kier molecular flexibility index (Phi) is 2.85. The van der Waals surface area contributed by atoms with E-state index in [1.807, 2.05) is 0 Å². The molecule has 78 valence electrons. The fourth-order valence-electron chi connectivity index (χ4n) is 1.20. The van der Waals surface area contributed by atoms with E-state index in [1.54, 1.807) is 0 Å². The average Bonchev–Trinajstić information content (AvgIpc) is 2.02. The molecule has 0 spiro atoms. The first-order chi connectivity index (χ1) is 6.32. The molecule has 1 aromatic carbocycles. The van der Waals surface area contributed by atoms with E-state index in [4.69, 9.17) is 5.11 Å². The summed E-state index contributed by atoms with van der Waals surface area (Å²) in [4.78, 5) is 0. The molecule has 14 heavy (non-hydrogen) atoms. The van der Waals surface area contributed by atoms with E-state index in [0.29, 0.717) is 0 Å². The summed E-state index contributed by atoms with van der Waals surface area (Å²) in [5, 5.41) is 9.14. The molecule has 0 fully saturated rings. The van der Waals surface area contributed by atoms with Crippen LogP contribution in [-0.2, 0) is 6.18 Å². The minimum atomic E-state index is -4.35. The van der Waals surface area contributed by atoms with Crippen LogP contribution in [0.15, 0.2) is 18.2 Å². The number of hydrogen-bond donors (Lipinski definition) is 1. The third-order valence-corrected chi connectivity index (χ3v) is 2.05. The molecule has 1 aromatic rings. The minimum absolute atomic E-state index is 0.168. The lowest BCUT2D eigenvalue weighted by Gasteiger charge is -2.13. The highest BCUT2D eigenvalue weighted by atomic mass is 19.4. The maximum atomic E-state index is 12.4. The topological polar surface area (TPSA) is 20.2 Å². The van der Waals surface area contributed by atoms with Crippen LogP contribution in [0.3, 0.4) is 0 Å². The average molecular weight is 204 g/mol. The smallest absolute Gasteiger partial charge is 0.389 e. The van der Waals surface area contributed by atoms with Crippen LogP contribution in [0.4, 0.5) is 13.2 Å². The van der Waals surface area contributed by atoms with Crippen LogP contribution in [0.2, 0.25) is 0 Å². The molecule has 0 unspecified atom stereocenters. The van der Waals surface area contributed by atoms with Gasteiger partial charge in [0.1, 0.15) is 0 Å². The zero-order chi connectivity index (χ0) is 10.9. The van der Waals surface area contributed by atoms with Gasteiger partial charge in [0.2, 0.25) is 0 Å². The zero-order valence-electron chi connectivity index (χ0n) is 7.89. The molecule has 0 aliphatic rings. The van der Waals surface area contributed by atoms with Gasteiger partial charge in [-0.15, -0.1) is 0 Å².